The van der Waals surface area contributed by atoms with Crippen molar-refractivity contribution in [1.82, 2.24) is 15.5 Å². The predicted molar refractivity (Wildman–Crippen MR) is 73.0 cm³/mol. The Morgan fingerprint density at radius 1 is 1.32 bits per heavy atom. The second-order valence-electron chi connectivity index (χ2n) is 4.20. The molecule has 1 aromatic carbocycles. The van der Waals surface area contributed by atoms with E-state index in [4.69, 9.17) is 9.15 Å². The number of aromatic nitrogens is 2. The second-order valence-corrected chi connectivity index (χ2v) is 4.20. The van der Waals surface area contributed by atoms with Crippen molar-refractivity contribution in [2.24, 2.45) is 0 Å². The minimum Gasteiger partial charge on any atom is -0.497 e. The van der Waals surface area contributed by atoms with Crippen LogP contribution < -0.4 is 10.1 Å². The summed E-state index contributed by atoms with van der Waals surface area (Å²) in [6.45, 7) is 5.01. The van der Waals surface area contributed by atoms with Crippen LogP contribution in [0.15, 0.2) is 28.7 Å². The Morgan fingerprint density at radius 3 is 2.84 bits per heavy atom. The molecule has 0 spiro atoms. The third kappa shape index (κ3) is 3.12. The Kier molecular flexibility index (Phi) is 4.52. The molecule has 0 saturated heterocycles. The summed E-state index contributed by atoms with van der Waals surface area (Å²) in [5.74, 6) is 1.92. The van der Waals surface area contributed by atoms with Gasteiger partial charge >= 0.3 is 0 Å². The largest absolute Gasteiger partial charge is 0.497 e. The van der Waals surface area contributed by atoms with Crippen molar-refractivity contribution in [3.05, 3.63) is 30.2 Å². The van der Waals surface area contributed by atoms with Crippen molar-refractivity contribution in [2.45, 2.75) is 26.3 Å². The van der Waals surface area contributed by atoms with Gasteiger partial charge in [0.1, 0.15) is 5.75 Å². The number of hydrogen-bond acceptors (Lipinski definition) is 5. The summed E-state index contributed by atoms with van der Waals surface area (Å²) < 4.78 is 10.9. The number of ether oxygens (including phenoxy) is 1. The molecule has 0 saturated carbocycles. The van der Waals surface area contributed by atoms with Gasteiger partial charge in [-0.15, -0.1) is 10.2 Å². The summed E-state index contributed by atoms with van der Waals surface area (Å²) in [4.78, 5) is 0. The van der Waals surface area contributed by atoms with Gasteiger partial charge in [0.25, 0.3) is 0 Å². The molecule has 0 bridgehead atoms. The molecule has 5 heteroatoms. The molecule has 1 atom stereocenters. The van der Waals surface area contributed by atoms with Gasteiger partial charge in [0.2, 0.25) is 11.8 Å². The highest BCUT2D eigenvalue weighted by Crippen LogP contribution is 2.24. The van der Waals surface area contributed by atoms with Crippen LogP contribution in [0.4, 0.5) is 0 Å². The molecule has 0 amide bonds. The third-order valence-electron chi connectivity index (χ3n) is 2.91. The van der Waals surface area contributed by atoms with Crippen LogP contribution in [0.5, 0.6) is 5.75 Å². The van der Waals surface area contributed by atoms with Gasteiger partial charge in [-0.1, -0.05) is 19.9 Å². The molecule has 0 aliphatic carbocycles. The van der Waals surface area contributed by atoms with Crippen molar-refractivity contribution >= 4 is 0 Å². The summed E-state index contributed by atoms with van der Waals surface area (Å²) in [5, 5.41) is 11.5. The summed E-state index contributed by atoms with van der Waals surface area (Å²) in [6, 6.07) is 7.70. The molecule has 0 aliphatic rings. The Hall–Kier alpha value is -1.88. The Bertz CT molecular complexity index is 525. The first-order valence-electron chi connectivity index (χ1n) is 6.49. The van der Waals surface area contributed by atoms with E-state index < -0.39 is 0 Å². The van der Waals surface area contributed by atoms with E-state index in [1.807, 2.05) is 24.3 Å². The number of methoxy groups -OCH3 is 1. The number of nitrogens with zero attached hydrogens (tertiary/aromatic N) is 2. The average molecular weight is 261 g/mol. The standard InChI is InChI=1S/C14H19N3O2/c1-4-12(15-5-2)14-17-16-13(19-14)10-7-6-8-11(9-10)18-3/h6-9,12,15H,4-5H2,1-3H3. The first-order chi connectivity index (χ1) is 9.28. The van der Waals surface area contributed by atoms with E-state index in [0.717, 1.165) is 24.3 Å². The third-order valence-corrected chi connectivity index (χ3v) is 2.91. The smallest absolute Gasteiger partial charge is 0.247 e. The molecular weight excluding hydrogens is 242 g/mol. The Labute approximate surface area is 113 Å². The average Bonchev–Trinajstić information content (AvgIpc) is 2.94. The van der Waals surface area contributed by atoms with Gasteiger partial charge in [-0.05, 0) is 31.2 Å². The van der Waals surface area contributed by atoms with E-state index in [-0.39, 0.29) is 6.04 Å². The molecule has 1 aromatic heterocycles. The zero-order valence-electron chi connectivity index (χ0n) is 11.5. The van der Waals surface area contributed by atoms with Gasteiger partial charge < -0.3 is 14.5 Å². The van der Waals surface area contributed by atoms with Gasteiger partial charge in [0.15, 0.2) is 0 Å². The van der Waals surface area contributed by atoms with E-state index in [1.54, 1.807) is 7.11 Å². The van der Waals surface area contributed by atoms with Gasteiger partial charge in [0.05, 0.1) is 13.2 Å². The van der Waals surface area contributed by atoms with Crippen LogP contribution in [0.25, 0.3) is 11.5 Å². The number of rotatable bonds is 6. The zero-order valence-corrected chi connectivity index (χ0v) is 11.5. The normalized spacial score (nSPS) is 12.4. The van der Waals surface area contributed by atoms with Gasteiger partial charge in [-0.2, -0.15) is 0 Å². The lowest BCUT2D eigenvalue weighted by atomic mass is 10.2. The minimum atomic E-state index is 0.108. The maximum absolute atomic E-state index is 5.73. The van der Waals surface area contributed by atoms with Crippen LogP contribution >= 0.6 is 0 Å². The molecular formula is C14H19N3O2. The number of benzene rings is 1. The van der Waals surface area contributed by atoms with Crippen molar-refractivity contribution in [2.75, 3.05) is 13.7 Å². The van der Waals surface area contributed by atoms with Crippen LogP contribution in [-0.4, -0.2) is 23.9 Å². The maximum atomic E-state index is 5.73. The van der Waals surface area contributed by atoms with E-state index in [9.17, 15) is 0 Å². The molecule has 0 fully saturated rings. The molecule has 19 heavy (non-hydrogen) atoms. The Balaban J connectivity index is 2.24. The van der Waals surface area contributed by atoms with Crippen molar-refractivity contribution in [1.29, 1.82) is 0 Å². The minimum absolute atomic E-state index is 0.108. The van der Waals surface area contributed by atoms with Crippen LogP contribution in [0, 0.1) is 0 Å². The van der Waals surface area contributed by atoms with Crippen LogP contribution in [0.2, 0.25) is 0 Å². The summed E-state index contributed by atoms with van der Waals surface area (Å²) in [7, 11) is 1.64. The first kappa shape index (κ1) is 13.5. The molecule has 0 radical (unpaired) electrons. The van der Waals surface area contributed by atoms with Crippen LogP contribution in [-0.2, 0) is 0 Å². The molecule has 1 heterocycles. The SMILES string of the molecule is CCNC(CC)c1nnc(-c2cccc(OC)c2)o1. The van der Waals surface area contributed by atoms with Gasteiger partial charge in [-0.25, -0.2) is 0 Å². The second kappa shape index (κ2) is 6.33. The van der Waals surface area contributed by atoms with Gasteiger partial charge in [0, 0.05) is 5.56 Å². The highest BCUT2D eigenvalue weighted by Gasteiger charge is 2.16. The van der Waals surface area contributed by atoms with Crippen molar-refractivity contribution < 1.29 is 9.15 Å². The van der Waals surface area contributed by atoms with Crippen molar-refractivity contribution in [3.8, 4) is 17.2 Å². The van der Waals surface area contributed by atoms with E-state index >= 15 is 0 Å². The van der Waals surface area contributed by atoms with E-state index in [2.05, 4.69) is 29.4 Å². The lowest BCUT2D eigenvalue weighted by Crippen LogP contribution is -2.20. The van der Waals surface area contributed by atoms with Crippen LogP contribution in [0.3, 0.4) is 0 Å². The molecule has 2 aromatic rings. The quantitative estimate of drug-likeness (QED) is 0.866. The zero-order chi connectivity index (χ0) is 13.7. The highest BCUT2D eigenvalue weighted by molar-refractivity contribution is 5.55. The number of hydrogen-bond donors (Lipinski definition) is 1. The fraction of sp³-hybridized carbons (Fsp3) is 0.429. The lowest BCUT2D eigenvalue weighted by Gasteiger charge is -2.10. The highest BCUT2D eigenvalue weighted by atomic mass is 16.5. The van der Waals surface area contributed by atoms with E-state index in [0.29, 0.717) is 11.8 Å². The lowest BCUT2D eigenvalue weighted by molar-refractivity contribution is 0.401. The molecule has 1 unspecified atom stereocenters. The first-order valence-corrected chi connectivity index (χ1v) is 6.49. The predicted octanol–water partition coefficient (Wildman–Crippen LogP) is 2.81. The number of nitrogens with one attached hydrogen (secondary N) is 1. The molecule has 2 rings (SSSR count). The summed E-state index contributed by atoms with van der Waals surface area (Å²) in [6.07, 6.45) is 0.910. The van der Waals surface area contributed by atoms with Crippen LogP contribution in [0.1, 0.15) is 32.2 Å². The fourth-order valence-corrected chi connectivity index (χ4v) is 1.90. The van der Waals surface area contributed by atoms with Crippen molar-refractivity contribution in [3.63, 3.8) is 0 Å². The molecule has 1 N–H and O–H groups in total. The summed E-state index contributed by atoms with van der Waals surface area (Å²) in [5.41, 5.74) is 0.865. The maximum Gasteiger partial charge on any atom is 0.247 e. The molecule has 102 valence electrons. The molecule has 0 aliphatic heterocycles. The monoisotopic (exact) mass is 261 g/mol. The van der Waals surface area contributed by atoms with Gasteiger partial charge in [-0.3, -0.25) is 0 Å². The summed E-state index contributed by atoms with van der Waals surface area (Å²) >= 11 is 0. The topological polar surface area (TPSA) is 60.2 Å². The molecule has 5 nitrogen and oxygen atoms in total. The van der Waals surface area contributed by atoms with E-state index in [1.165, 1.54) is 0 Å². The Morgan fingerprint density at radius 2 is 2.16 bits per heavy atom. The fourth-order valence-electron chi connectivity index (χ4n) is 1.90.